The Morgan fingerprint density at radius 2 is 2.15 bits per heavy atom. The topological polar surface area (TPSA) is 48.1 Å². The Kier molecular flexibility index (Phi) is 3.01. The third-order valence-electron chi connectivity index (χ3n) is 2.10. The molecule has 3 heteroatoms. The van der Waals surface area contributed by atoms with Crippen molar-refractivity contribution in [2.24, 2.45) is 5.90 Å². The van der Waals surface area contributed by atoms with Crippen LogP contribution in [0.15, 0.2) is 18.5 Å². The van der Waals surface area contributed by atoms with Gasteiger partial charge in [0.2, 0.25) is 0 Å². The summed E-state index contributed by atoms with van der Waals surface area (Å²) >= 11 is 0. The van der Waals surface area contributed by atoms with Gasteiger partial charge in [0.25, 0.3) is 0 Å². The molecule has 0 bridgehead atoms. The van der Waals surface area contributed by atoms with Crippen LogP contribution in [0.1, 0.15) is 25.0 Å². The number of nitrogens with zero attached hydrogens (tertiary/aromatic N) is 1. The van der Waals surface area contributed by atoms with Gasteiger partial charge in [-0.25, -0.2) is 5.90 Å². The van der Waals surface area contributed by atoms with Gasteiger partial charge in [-0.15, -0.1) is 0 Å². The number of hydrogen-bond acceptors (Lipinski definition) is 3. The van der Waals surface area contributed by atoms with Gasteiger partial charge in [0, 0.05) is 17.8 Å². The lowest BCUT2D eigenvalue weighted by atomic mass is 9.86. The molecule has 0 saturated carbocycles. The maximum atomic E-state index is 5.07. The summed E-state index contributed by atoms with van der Waals surface area (Å²) in [7, 11) is 0. The second-order valence-electron chi connectivity index (χ2n) is 3.95. The predicted octanol–water partition coefficient (Wildman–Crippen LogP) is 1.56. The Morgan fingerprint density at radius 3 is 2.69 bits per heavy atom. The zero-order valence-corrected chi connectivity index (χ0v) is 8.37. The highest BCUT2D eigenvalue weighted by molar-refractivity contribution is 5.24. The highest BCUT2D eigenvalue weighted by atomic mass is 16.6. The summed E-state index contributed by atoms with van der Waals surface area (Å²) < 4.78 is 0. The van der Waals surface area contributed by atoms with Gasteiger partial charge in [-0.2, -0.15) is 0 Å². The summed E-state index contributed by atoms with van der Waals surface area (Å²) in [5.74, 6) is 5.07. The van der Waals surface area contributed by atoms with E-state index < -0.39 is 0 Å². The quantitative estimate of drug-likeness (QED) is 0.718. The van der Waals surface area contributed by atoms with Crippen LogP contribution in [0.4, 0.5) is 0 Å². The Bertz CT molecular complexity index is 284. The van der Waals surface area contributed by atoms with Gasteiger partial charge in [0.1, 0.15) is 0 Å². The van der Waals surface area contributed by atoms with Gasteiger partial charge in [0.05, 0.1) is 6.61 Å². The highest BCUT2D eigenvalue weighted by Crippen LogP contribution is 2.22. The predicted molar refractivity (Wildman–Crippen MR) is 52.1 cm³/mol. The van der Waals surface area contributed by atoms with E-state index in [1.807, 2.05) is 19.3 Å². The Hall–Kier alpha value is -0.930. The van der Waals surface area contributed by atoms with Crippen molar-refractivity contribution in [3.05, 3.63) is 29.6 Å². The third-order valence-corrected chi connectivity index (χ3v) is 2.10. The third kappa shape index (κ3) is 2.50. The maximum Gasteiger partial charge on any atom is 0.0771 e. The minimum Gasteiger partial charge on any atom is -0.304 e. The molecule has 13 heavy (non-hydrogen) atoms. The fourth-order valence-corrected chi connectivity index (χ4v) is 1.22. The van der Waals surface area contributed by atoms with Crippen LogP contribution in [0, 0.1) is 6.92 Å². The number of aromatic nitrogens is 1. The van der Waals surface area contributed by atoms with Crippen LogP contribution >= 0.6 is 0 Å². The van der Waals surface area contributed by atoms with Crippen LogP contribution < -0.4 is 5.90 Å². The van der Waals surface area contributed by atoms with Crippen molar-refractivity contribution in [1.29, 1.82) is 0 Å². The lowest BCUT2D eigenvalue weighted by Gasteiger charge is -2.23. The van der Waals surface area contributed by atoms with Crippen molar-refractivity contribution >= 4 is 0 Å². The maximum absolute atomic E-state index is 5.07. The minimum atomic E-state index is -0.0756. The fraction of sp³-hybridized carbons (Fsp3) is 0.500. The smallest absolute Gasteiger partial charge is 0.0771 e. The van der Waals surface area contributed by atoms with Gasteiger partial charge in [-0.05, 0) is 18.1 Å². The second-order valence-corrected chi connectivity index (χ2v) is 3.95. The molecule has 0 aliphatic carbocycles. The SMILES string of the molecule is Cc1cncc(C(C)(C)CON)c1. The van der Waals surface area contributed by atoms with Crippen LogP contribution in [-0.4, -0.2) is 11.6 Å². The lowest BCUT2D eigenvalue weighted by molar-refractivity contribution is 0.0963. The molecular weight excluding hydrogens is 164 g/mol. The molecule has 0 spiro atoms. The molecule has 2 N–H and O–H groups in total. The molecule has 1 aromatic rings. The first-order valence-corrected chi connectivity index (χ1v) is 4.30. The molecule has 72 valence electrons. The molecule has 0 radical (unpaired) electrons. The van der Waals surface area contributed by atoms with Gasteiger partial charge >= 0.3 is 0 Å². The van der Waals surface area contributed by atoms with Crippen LogP contribution in [0.25, 0.3) is 0 Å². The lowest BCUT2D eigenvalue weighted by Crippen LogP contribution is -2.26. The average Bonchev–Trinajstić information content (AvgIpc) is 2.04. The summed E-state index contributed by atoms with van der Waals surface area (Å²) in [6.45, 7) is 6.68. The Labute approximate surface area is 78.9 Å². The summed E-state index contributed by atoms with van der Waals surface area (Å²) in [6, 6.07) is 2.10. The Morgan fingerprint density at radius 1 is 1.46 bits per heavy atom. The number of nitrogens with two attached hydrogens (primary N) is 1. The van der Waals surface area contributed by atoms with E-state index in [-0.39, 0.29) is 5.41 Å². The molecule has 3 nitrogen and oxygen atoms in total. The van der Waals surface area contributed by atoms with E-state index in [1.165, 1.54) is 0 Å². The first-order valence-electron chi connectivity index (χ1n) is 4.30. The zero-order valence-electron chi connectivity index (χ0n) is 8.37. The van der Waals surface area contributed by atoms with E-state index in [9.17, 15) is 0 Å². The summed E-state index contributed by atoms with van der Waals surface area (Å²) in [4.78, 5) is 8.81. The van der Waals surface area contributed by atoms with Gasteiger partial charge in [-0.1, -0.05) is 19.9 Å². The molecule has 0 amide bonds. The molecule has 0 fully saturated rings. The van der Waals surface area contributed by atoms with Crippen molar-refractivity contribution in [1.82, 2.24) is 4.98 Å². The van der Waals surface area contributed by atoms with E-state index in [0.29, 0.717) is 6.61 Å². The number of rotatable bonds is 3. The van der Waals surface area contributed by atoms with Crippen LogP contribution in [0.2, 0.25) is 0 Å². The first kappa shape index (κ1) is 10.2. The van der Waals surface area contributed by atoms with Crippen molar-refractivity contribution in [2.75, 3.05) is 6.61 Å². The van der Waals surface area contributed by atoms with Crippen LogP contribution in [0.3, 0.4) is 0 Å². The molecule has 1 heterocycles. The van der Waals surface area contributed by atoms with Crippen molar-refractivity contribution < 1.29 is 4.84 Å². The zero-order chi connectivity index (χ0) is 9.90. The van der Waals surface area contributed by atoms with E-state index in [0.717, 1.165) is 11.1 Å². The molecule has 0 aromatic carbocycles. The van der Waals surface area contributed by atoms with Crippen molar-refractivity contribution in [3.63, 3.8) is 0 Å². The number of hydrogen-bond donors (Lipinski definition) is 1. The van der Waals surface area contributed by atoms with Crippen LogP contribution in [0.5, 0.6) is 0 Å². The van der Waals surface area contributed by atoms with Crippen LogP contribution in [-0.2, 0) is 10.3 Å². The molecule has 0 aliphatic heterocycles. The van der Waals surface area contributed by atoms with E-state index in [2.05, 4.69) is 29.7 Å². The monoisotopic (exact) mass is 180 g/mol. The van der Waals surface area contributed by atoms with E-state index >= 15 is 0 Å². The molecule has 0 aliphatic rings. The van der Waals surface area contributed by atoms with Crippen molar-refractivity contribution in [3.8, 4) is 0 Å². The number of pyridine rings is 1. The van der Waals surface area contributed by atoms with Gasteiger partial charge in [0.15, 0.2) is 0 Å². The van der Waals surface area contributed by atoms with Crippen molar-refractivity contribution in [2.45, 2.75) is 26.2 Å². The largest absolute Gasteiger partial charge is 0.304 e. The Balaban J connectivity index is 2.93. The minimum absolute atomic E-state index is 0.0756. The highest BCUT2D eigenvalue weighted by Gasteiger charge is 2.20. The molecule has 0 saturated heterocycles. The molecule has 1 aromatic heterocycles. The molecule has 0 unspecified atom stereocenters. The second kappa shape index (κ2) is 3.85. The molecular formula is C10H16N2O. The molecule has 0 atom stereocenters. The normalized spacial score (nSPS) is 11.7. The van der Waals surface area contributed by atoms with Gasteiger partial charge < -0.3 is 4.84 Å². The summed E-state index contributed by atoms with van der Waals surface area (Å²) in [5.41, 5.74) is 2.23. The summed E-state index contributed by atoms with van der Waals surface area (Å²) in [6.07, 6.45) is 3.69. The number of aryl methyl sites for hydroxylation is 1. The van der Waals surface area contributed by atoms with E-state index in [1.54, 1.807) is 0 Å². The van der Waals surface area contributed by atoms with E-state index in [4.69, 9.17) is 5.90 Å². The van der Waals surface area contributed by atoms with Gasteiger partial charge in [-0.3, -0.25) is 4.98 Å². The molecule has 1 rings (SSSR count). The fourth-order valence-electron chi connectivity index (χ4n) is 1.22. The summed E-state index contributed by atoms with van der Waals surface area (Å²) in [5, 5.41) is 0. The standard InChI is InChI=1S/C10H16N2O/c1-8-4-9(6-12-5-8)10(2,3)7-13-11/h4-6H,7,11H2,1-3H3. The first-order chi connectivity index (χ1) is 6.06. The average molecular weight is 180 g/mol.